The molecule has 1 aliphatic carbocycles. The van der Waals surface area contributed by atoms with E-state index in [1.165, 1.54) is 11.3 Å². The standard InChI is InChI=1S/C15H21NO/c1-12-3-7-14(8-4-12)16(2)11-13-5-9-15(17)10-6-13/h3-4,7-8,13H,5-6,9-11H2,1-2H3. The Hall–Kier alpha value is -1.31. The quantitative estimate of drug-likeness (QED) is 0.796. The normalized spacial score (nSPS) is 17.2. The molecule has 0 heterocycles. The first kappa shape index (κ1) is 12.2. The lowest BCUT2D eigenvalue weighted by Crippen LogP contribution is -2.28. The Bertz CT molecular complexity index is 372. The minimum atomic E-state index is 0.444. The average molecular weight is 231 g/mol. The van der Waals surface area contributed by atoms with Crippen LogP contribution in [0.25, 0.3) is 0 Å². The third-order valence-corrected chi connectivity index (χ3v) is 3.67. The van der Waals surface area contributed by atoms with Crippen molar-refractivity contribution in [3.8, 4) is 0 Å². The Labute approximate surface area is 104 Å². The van der Waals surface area contributed by atoms with E-state index in [4.69, 9.17) is 0 Å². The molecule has 2 nitrogen and oxygen atoms in total. The third-order valence-electron chi connectivity index (χ3n) is 3.67. The van der Waals surface area contributed by atoms with E-state index in [1.54, 1.807) is 0 Å². The molecule has 0 unspecified atom stereocenters. The first-order valence-corrected chi connectivity index (χ1v) is 6.44. The Balaban J connectivity index is 1.90. The van der Waals surface area contributed by atoms with Gasteiger partial charge in [-0.15, -0.1) is 0 Å². The highest BCUT2D eigenvalue weighted by atomic mass is 16.1. The van der Waals surface area contributed by atoms with Crippen LogP contribution in [0, 0.1) is 12.8 Å². The summed E-state index contributed by atoms with van der Waals surface area (Å²) < 4.78 is 0. The van der Waals surface area contributed by atoms with E-state index < -0.39 is 0 Å². The molecule has 0 aromatic heterocycles. The molecule has 0 amide bonds. The summed E-state index contributed by atoms with van der Waals surface area (Å²) in [5, 5.41) is 0. The van der Waals surface area contributed by atoms with Crippen molar-refractivity contribution in [3.05, 3.63) is 29.8 Å². The molecule has 0 radical (unpaired) electrons. The van der Waals surface area contributed by atoms with Crippen LogP contribution in [0.4, 0.5) is 5.69 Å². The van der Waals surface area contributed by atoms with Crippen LogP contribution in [-0.2, 0) is 4.79 Å². The van der Waals surface area contributed by atoms with Crippen molar-refractivity contribution in [3.63, 3.8) is 0 Å². The molecule has 0 N–H and O–H groups in total. The maximum Gasteiger partial charge on any atom is 0.132 e. The summed E-state index contributed by atoms with van der Waals surface area (Å²) in [6, 6.07) is 8.64. The zero-order valence-electron chi connectivity index (χ0n) is 10.8. The second-order valence-electron chi connectivity index (χ2n) is 5.20. The lowest BCUT2D eigenvalue weighted by molar-refractivity contribution is -0.120. The number of carbonyl (C=O) groups is 1. The molecule has 1 aliphatic rings. The molecule has 0 spiro atoms. The van der Waals surface area contributed by atoms with Crippen LogP contribution in [0.5, 0.6) is 0 Å². The first-order chi connectivity index (χ1) is 8.15. The summed E-state index contributed by atoms with van der Waals surface area (Å²) in [5.41, 5.74) is 2.57. The highest BCUT2D eigenvalue weighted by Gasteiger charge is 2.19. The molecule has 0 bridgehead atoms. The first-order valence-electron chi connectivity index (χ1n) is 6.44. The van der Waals surface area contributed by atoms with E-state index >= 15 is 0 Å². The van der Waals surface area contributed by atoms with Gasteiger partial charge in [0.2, 0.25) is 0 Å². The maximum absolute atomic E-state index is 11.2. The highest BCUT2D eigenvalue weighted by Crippen LogP contribution is 2.24. The highest BCUT2D eigenvalue weighted by molar-refractivity contribution is 5.79. The molecular weight excluding hydrogens is 210 g/mol. The maximum atomic E-state index is 11.2. The van der Waals surface area contributed by atoms with E-state index in [1.807, 2.05) is 0 Å². The fourth-order valence-corrected chi connectivity index (χ4v) is 2.47. The SMILES string of the molecule is Cc1ccc(N(C)CC2CCC(=O)CC2)cc1. The van der Waals surface area contributed by atoms with E-state index in [2.05, 4.69) is 43.1 Å². The number of Topliss-reactive ketones (excluding diaryl/α,β-unsaturated/α-hetero) is 1. The number of hydrogen-bond donors (Lipinski definition) is 0. The van der Waals surface area contributed by atoms with Crippen molar-refractivity contribution in [2.45, 2.75) is 32.6 Å². The lowest BCUT2D eigenvalue weighted by atomic mass is 9.88. The molecule has 92 valence electrons. The van der Waals surface area contributed by atoms with E-state index in [9.17, 15) is 4.79 Å². The van der Waals surface area contributed by atoms with Crippen LogP contribution in [-0.4, -0.2) is 19.4 Å². The fraction of sp³-hybridized carbons (Fsp3) is 0.533. The third kappa shape index (κ3) is 3.32. The van der Waals surface area contributed by atoms with Crippen molar-refractivity contribution in [1.82, 2.24) is 0 Å². The number of nitrogens with zero attached hydrogens (tertiary/aromatic N) is 1. The number of benzene rings is 1. The molecule has 0 saturated heterocycles. The molecule has 1 fully saturated rings. The van der Waals surface area contributed by atoms with Crippen molar-refractivity contribution in [1.29, 1.82) is 0 Å². The number of hydrogen-bond acceptors (Lipinski definition) is 2. The van der Waals surface area contributed by atoms with Gasteiger partial charge < -0.3 is 4.90 Å². The Kier molecular flexibility index (Phi) is 3.82. The monoisotopic (exact) mass is 231 g/mol. The van der Waals surface area contributed by atoms with Gasteiger partial charge in [-0.05, 0) is 37.8 Å². The fourth-order valence-electron chi connectivity index (χ4n) is 2.47. The van der Waals surface area contributed by atoms with Crippen molar-refractivity contribution < 1.29 is 4.79 Å². The summed E-state index contributed by atoms with van der Waals surface area (Å²) in [6.45, 7) is 3.17. The summed E-state index contributed by atoms with van der Waals surface area (Å²) in [4.78, 5) is 13.5. The van der Waals surface area contributed by atoms with Gasteiger partial charge in [0.15, 0.2) is 0 Å². The van der Waals surface area contributed by atoms with Crippen LogP contribution < -0.4 is 4.90 Å². The summed E-state index contributed by atoms with van der Waals surface area (Å²) in [6.07, 6.45) is 3.70. The van der Waals surface area contributed by atoms with Gasteiger partial charge in [0.25, 0.3) is 0 Å². The van der Waals surface area contributed by atoms with Gasteiger partial charge in [0.05, 0.1) is 0 Å². The topological polar surface area (TPSA) is 20.3 Å². The smallest absolute Gasteiger partial charge is 0.132 e. The Morgan fingerprint density at radius 3 is 2.35 bits per heavy atom. The van der Waals surface area contributed by atoms with Crippen LogP contribution in [0.15, 0.2) is 24.3 Å². The average Bonchev–Trinajstić information content (AvgIpc) is 2.33. The van der Waals surface area contributed by atoms with Gasteiger partial charge in [-0.3, -0.25) is 4.79 Å². The van der Waals surface area contributed by atoms with Gasteiger partial charge in [0, 0.05) is 32.1 Å². The number of carbonyl (C=O) groups excluding carboxylic acids is 1. The van der Waals surface area contributed by atoms with Gasteiger partial charge in [-0.25, -0.2) is 0 Å². The van der Waals surface area contributed by atoms with Crippen LogP contribution in [0.1, 0.15) is 31.2 Å². The number of ketones is 1. The minimum absolute atomic E-state index is 0.444. The lowest BCUT2D eigenvalue weighted by Gasteiger charge is -2.28. The van der Waals surface area contributed by atoms with E-state index in [0.29, 0.717) is 11.7 Å². The largest absolute Gasteiger partial charge is 0.374 e. The Morgan fingerprint density at radius 1 is 1.18 bits per heavy atom. The summed E-state index contributed by atoms with van der Waals surface area (Å²) in [7, 11) is 2.14. The molecule has 1 saturated carbocycles. The number of anilines is 1. The Morgan fingerprint density at radius 2 is 1.76 bits per heavy atom. The van der Waals surface area contributed by atoms with Crippen LogP contribution in [0.2, 0.25) is 0 Å². The van der Waals surface area contributed by atoms with Gasteiger partial charge in [0.1, 0.15) is 5.78 Å². The van der Waals surface area contributed by atoms with Gasteiger partial charge in [-0.2, -0.15) is 0 Å². The predicted octanol–water partition coefficient (Wildman–Crippen LogP) is 3.19. The summed E-state index contributed by atoms with van der Waals surface area (Å²) in [5.74, 6) is 1.12. The molecule has 2 heteroatoms. The molecular formula is C15H21NO. The second-order valence-corrected chi connectivity index (χ2v) is 5.20. The molecule has 1 aromatic rings. The molecule has 0 aliphatic heterocycles. The molecule has 0 atom stereocenters. The number of rotatable bonds is 3. The molecule has 2 rings (SSSR count). The van der Waals surface area contributed by atoms with Gasteiger partial charge >= 0.3 is 0 Å². The van der Waals surface area contributed by atoms with Gasteiger partial charge in [-0.1, -0.05) is 17.7 Å². The second kappa shape index (κ2) is 5.35. The zero-order chi connectivity index (χ0) is 12.3. The minimum Gasteiger partial charge on any atom is -0.374 e. The van der Waals surface area contributed by atoms with Crippen LogP contribution >= 0.6 is 0 Å². The summed E-state index contributed by atoms with van der Waals surface area (Å²) >= 11 is 0. The van der Waals surface area contributed by atoms with E-state index in [-0.39, 0.29) is 0 Å². The molecule has 17 heavy (non-hydrogen) atoms. The zero-order valence-corrected chi connectivity index (χ0v) is 10.8. The number of aryl methyl sites for hydroxylation is 1. The van der Waals surface area contributed by atoms with E-state index in [0.717, 1.165) is 32.2 Å². The van der Waals surface area contributed by atoms with Crippen molar-refractivity contribution in [2.24, 2.45) is 5.92 Å². The van der Waals surface area contributed by atoms with Crippen LogP contribution in [0.3, 0.4) is 0 Å². The van der Waals surface area contributed by atoms with Crippen molar-refractivity contribution in [2.75, 3.05) is 18.5 Å². The predicted molar refractivity (Wildman–Crippen MR) is 71.4 cm³/mol. The molecule has 1 aromatic carbocycles. The van der Waals surface area contributed by atoms with Crippen molar-refractivity contribution >= 4 is 11.5 Å².